The van der Waals surface area contributed by atoms with E-state index in [9.17, 15) is 0 Å². The number of hydrogen-bond acceptors (Lipinski definition) is 1. The molecule has 0 heterocycles. The molecule has 1 aliphatic carbocycles. The van der Waals surface area contributed by atoms with Gasteiger partial charge in [0.05, 0.1) is 0 Å². The van der Waals surface area contributed by atoms with Crippen LogP contribution in [0.1, 0.15) is 43.2 Å². The minimum absolute atomic E-state index is 0.0455. The summed E-state index contributed by atoms with van der Waals surface area (Å²) < 4.78 is 0. The topological polar surface area (TPSA) is 26.0 Å². The lowest BCUT2D eigenvalue weighted by Crippen LogP contribution is -2.31. The minimum atomic E-state index is 0.0455. The van der Waals surface area contributed by atoms with Gasteiger partial charge >= 0.3 is 0 Å². The Balaban J connectivity index is 2.20. The first-order valence-corrected chi connectivity index (χ1v) is 6.11. The van der Waals surface area contributed by atoms with Crippen molar-refractivity contribution >= 4 is 0 Å². The van der Waals surface area contributed by atoms with Crippen LogP contribution in [0.5, 0.6) is 0 Å². The fraction of sp³-hybridized carbons (Fsp3) is 0.467. The molecule has 1 atom stereocenters. The smallest absolute Gasteiger partial charge is 0.00816 e. The summed E-state index contributed by atoms with van der Waals surface area (Å²) >= 11 is 0. The summed E-state index contributed by atoms with van der Waals surface area (Å²) in [4.78, 5) is 0. The van der Waals surface area contributed by atoms with Crippen LogP contribution in [0.15, 0.2) is 36.9 Å². The molecule has 1 heteroatoms. The molecule has 1 saturated carbocycles. The average molecular weight is 215 g/mol. The van der Waals surface area contributed by atoms with Gasteiger partial charge in [0.1, 0.15) is 0 Å². The van der Waals surface area contributed by atoms with Gasteiger partial charge in [0.15, 0.2) is 0 Å². The zero-order chi connectivity index (χ0) is 11.6. The van der Waals surface area contributed by atoms with Crippen LogP contribution in [0.25, 0.3) is 0 Å². The van der Waals surface area contributed by atoms with E-state index in [1.54, 1.807) is 0 Å². The van der Waals surface area contributed by atoms with Crippen molar-refractivity contribution in [1.82, 2.24) is 0 Å². The van der Waals surface area contributed by atoms with Crippen LogP contribution in [-0.4, -0.2) is 6.54 Å². The fourth-order valence-corrected chi connectivity index (χ4v) is 2.21. The largest absolute Gasteiger partial charge is 0.330 e. The highest BCUT2D eigenvalue weighted by Gasteiger charge is 2.26. The first-order chi connectivity index (χ1) is 7.69. The van der Waals surface area contributed by atoms with Crippen molar-refractivity contribution in [2.45, 2.75) is 37.5 Å². The maximum absolute atomic E-state index is 5.89. The normalized spacial score (nSPS) is 19.1. The molecular weight excluding hydrogens is 194 g/mol. The Hall–Kier alpha value is -1.08. The van der Waals surface area contributed by atoms with Gasteiger partial charge in [-0.25, -0.2) is 0 Å². The van der Waals surface area contributed by atoms with Gasteiger partial charge in [-0.15, -0.1) is 6.58 Å². The third kappa shape index (κ3) is 2.19. The summed E-state index contributed by atoms with van der Waals surface area (Å²) in [5, 5.41) is 0. The highest BCUT2D eigenvalue weighted by Crippen LogP contribution is 2.40. The molecule has 0 aromatic heterocycles. The zero-order valence-electron chi connectivity index (χ0n) is 10.1. The van der Waals surface area contributed by atoms with Crippen LogP contribution < -0.4 is 5.73 Å². The standard InChI is InChI=1S/C15H21N/c1-3-10-15(2,11-16)14-8-6-13(7-9-14)12-4-5-12/h3,6-9,12H,1,4-5,10-11,16H2,2H3. The second-order valence-electron chi connectivity index (χ2n) is 5.15. The molecule has 0 aliphatic heterocycles. The molecule has 1 nitrogen and oxygen atoms in total. The summed E-state index contributed by atoms with van der Waals surface area (Å²) in [5.41, 5.74) is 8.75. The summed E-state index contributed by atoms with van der Waals surface area (Å²) in [6.45, 7) is 6.70. The molecule has 1 unspecified atom stereocenters. The Bertz CT molecular complexity index is 362. The van der Waals surface area contributed by atoms with Crippen LogP contribution in [0.3, 0.4) is 0 Å². The first kappa shape index (κ1) is 11.4. The Morgan fingerprint density at radius 2 is 2.00 bits per heavy atom. The Morgan fingerprint density at radius 3 is 2.44 bits per heavy atom. The Labute approximate surface area is 98.4 Å². The molecular formula is C15H21N. The van der Waals surface area contributed by atoms with Crippen molar-refractivity contribution in [3.8, 4) is 0 Å². The molecule has 2 rings (SSSR count). The highest BCUT2D eigenvalue weighted by molar-refractivity contribution is 5.32. The van der Waals surface area contributed by atoms with Gasteiger partial charge in [-0.3, -0.25) is 0 Å². The van der Waals surface area contributed by atoms with Crippen LogP contribution in [0.4, 0.5) is 0 Å². The summed E-state index contributed by atoms with van der Waals surface area (Å²) in [6.07, 6.45) is 5.62. The SMILES string of the molecule is C=CCC(C)(CN)c1ccc(C2CC2)cc1. The summed E-state index contributed by atoms with van der Waals surface area (Å²) in [6, 6.07) is 9.02. The van der Waals surface area contributed by atoms with Crippen LogP contribution in [0.2, 0.25) is 0 Å². The molecule has 0 radical (unpaired) electrons. The van der Waals surface area contributed by atoms with Gasteiger partial charge in [0.25, 0.3) is 0 Å². The van der Waals surface area contributed by atoms with Gasteiger partial charge in [-0.2, -0.15) is 0 Å². The van der Waals surface area contributed by atoms with E-state index < -0.39 is 0 Å². The molecule has 0 amide bonds. The van der Waals surface area contributed by atoms with E-state index in [-0.39, 0.29) is 5.41 Å². The van der Waals surface area contributed by atoms with E-state index in [1.807, 2.05) is 6.08 Å². The molecule has 0 spiro atoms. The molecule has 1 aliphatic rings. The fourth-order valence-electron chi connectivity index (χ4n) is 2.21. The van der Waals surface area contributed by atoms with Crippen molar-refractivity contribution in [3.05, 3.63) is 48.0 Å². The number of hydrogen-bond donors (Lipinski definition) is 1. The molecule has 0 saturated heterocycles. The van der Waals surface area contributed by atoms with Crippen LogP contribution >= 0.6 is 0 Å². The van der Waals surface area contributed by atoms with Crippen LogP contribution in [-0.2, 0) is 5.41 Å². The van der Waals surface area contributed by atoms with Gasteiger partial charge < -0.3 is 5.73 Å². The van der Waals surface area contributed by atoms with Gasteiger partial charge in [-0.1, -0.05) is 37.3 Å². The summed E-state index contributed by atoms with van der Waals surface area (Å²) in [7, 11) is 0. The Morgan fingerprint density at radius 1 is 1.38 bits per heavy atom. The second-order valence-corrected chi connectivity index (χ2v) is 5.15. The predicted octanol–water partition coefficient (Wildman–Crippen LogP) is 3.36. The van der Waals surface area contributed by atoms with E-state index >= 15 is 0 Å². The van der Waals surface area contributed by atoms with E-state index in [1.165, 1.54) is 24.0 Å². The van der Waals surface area contributed by atoms with Crippen molar-refractivity contribution in [1.29, 1.82) is 0 Å². The maximum atomic E-state index is 5.89. The third-order valence-electron chi connectivity index (χ3n) is 3.70. The van der Waals surface area contributed by atoms with E-state index in [2.05, 4.69) is 37.8 Å². The Kier molecular flexibility index (Phi) is 3.15. The molecule has 2 N–H and O–H groups in total. The second kappa shape index (κ2) is 4.42. The minimum Gasteiger partial charge on any atom is -0.330 e. The number of nitrogens with two attached hydrogens (primary N) is 1. The van der Waals surface area contributed by atoms with Crippen LogP contribution in [0, 0.1) is 0 Å². The maximum Gasteiger partial charge on any atom is 0.00816 e. The number of benzene rings is 1. The lowest BCUT2D eigenvalue weighted by molar-refractivity contribution is 0.491. The lowest BCUT2D eigenvalue weighted by Gasteiger charge is -2.27. The van der Waals surface area contributed by atoms with Gasteiger partial charge in [-0.05, 0) is 36.3 Å². The molecule has 16 heavy (non-hydrogen) atoms. The van der Waals surface area contributed by atoms with E-state index in [0.29, 0.717) is 6.54 Å². The average Bonchev–Trinajstić information content (AvgIpc) is 3.13. The molecule has 1 aromatic carbocycles. The van der Waals surface area contributed by atoms with Gasteiger partial charge in [0, 0.05) is 12.0 Å². The zero-order valence-corrected chi connectivity index (χ0v) is 10.1. The molecule has 0 bridgehead atoms. The monoisotopic (exact) mass is 215 g/mol. The quantitative estimate of drug-likeness (QED) is 0.749. The summed E-state index contributed by atoms with van der Waals surface area (Å²) in [5.74, 6) is 0.831. The highest BCUT2D eigenvalue weighted by atomic mass is 14.6. The molecule has 86 valence electrons. The first-order valence-electron chi connectivity index (χ1n) is 6.11. The van der Waals surface area contributed by atoms with Crippen molar-refractivity contribution in [3.63, 3.8) is 0 Å². The van der Waals surface area contributed by atoms with Crippen molar-refractivity contribution in [2.75, 3.05) is 6.54 Å². The number of rotatable bonds is 5. The van der Waals surface area contributed by atoms with Crippen molar-refractivity contribution < 1.29 is 0 Å². The lowest BCUT2D eigenvalue weighted by atomic mass is 9.79. The van der Waals surface area contributed by atoms with Gasteiger partial charge in [0.2, 0.25) is 0 Å². The predicted molar refractivity (Wildman–Crippen MR) is 69.6 cm³/mol. The molecule has 1 fully saturated rings. The van der Waals surface area contributed by atoms with E-state index in [0.717, 1.165) is 12.3 Å². The third-order valence-corrected chi connectivity index (χ3v) is 3.70. The number of allylic oxidation sites excluding steroid dienone is 1. The van der Waals surface area contributed by atoms with E-state index in [4.69, 9.17) is 5.73 Å². The molecule has 1 aromatic rings. The van der Waals surface area contributed by atoms with Crippen molar-refractivity contribution in [2.24, 2.45) is 5.73 Å².